The summed E-state index contributed by atoms with van der Waals surface area (Å²) in [7, 11) is 0. The van der Waals surface area contributed by atoms with E-state index in [1.54, 1.807) is 0 Å². The lowest BCUT2D eigenvalue weighted by atomic mass is 10.0. The van der Waals surface area contributed by atoms with Crippen molar-refractivity contribution >= 4 is 28.9 Å². The Bertz CT molecular complexity index is 1390. The summed E-state index contributed by atoms with van der Waals surface area (Å²) in [4.78, 5) is 20.1. The fourth-order valence-corrected chi connectivity index (χ4v) is 5.72. The molecule has 3 heterocycles. The molecule has 0 unspecified atom stereocenters. The van der Waals surface area contributed by atoms with Crippen LogP contribution in [0.15, 0.2) is 64.6 Å². The molecule has 2 aliphatic rings. The van der Waals surface area contributed by atoms with Gasteiger partial charge in [0.2, 0.25) is 0 Å². The van der Waals surface area contributed by atoms with Crippen molar-refractivity contribution in [2.75, 3.05) is 19.7 Å². The van der Waals surface area contributed by atoms with Gasteiger partial charge in [-0.15, -0.1) is 0 Å². The van der Waals surface area contributed by atoms with E-state index in [1.165, 1.54) is 11.8 Å². The summed E-state index contributed by atoms with van der Waals surface area (Å²) in [6.45, 7) is 12.7. The largest absolute Gasteiger partial charge is 0.493 e. The predicted octanol–water partition coefficient (Wildman–Crippen LogP) is 6.35. The molecule has 2 atom stereocenters. The zero-order valence-corrected chi connectivity index (χ0v) is 24.1. The van der Waals surface area contributed by atoms with Gasteiger partial charge < -0.3 is 14.4 Å². The number of ether oxygens (including phenoxy) is 2. The smallest absolute Gasteiger partial charge is 0.286 e. The summed E-state index contributed by atoms with van der Waals surface area (Å²) in [6.07, 6.45) is 5.09. The van der Waals surface area contributed by atoms with Gasteiger partial charge in [-0.25, -0.2) is 4.68 Å². The van der Waals surface area contributed by atoms with Crippen LogP contribution in [-0.2, 0) is 9.53 Å². The van der Waals surface area contributed by atoms with Crippen molar-refractivity contribution in [1.29, 1.82) is 0 Å². The van der Waals surface area contributed by atoms with Gasteiger partial charge in [-0.05, 0) is 86.8 Å². The number of aryl methyl sites for hydroxylation is 1. The normalized spacial score (nSPS) is 20.7. The number of morpholine rings is 1. The minimum absolute atomic E-state index is 0.0939. The maximum absolute atomic E-state index is 13.0. The number of benzene rings is 2. The third-order valence-corrected chi connectivity index (χ3v) is 7.79. The van der Waals surface area contributed by atoms with Crippen LogP contribution in [0.25, 0.3) is 23.0 Å². The van der Waals surface area contributed by atoms with Crippen molar-refractivity contribution in [3.63, 3.8) is 0 Å². The molecule has 5 rings (SSSR count). The van der Waals surface area contributed by atoms with Gasteiger partial charge in [-0.1, -0.05) is 32.0 Å². The Labute approximate surface area is 234 Å². The molecular weight excluding hydrogens is 508 g/mol. The molecule has 7 nitrogen and oxygen atoms in total. The summed E-state index contributed by atoms with van der Waals surface area (Å²) in [5.74, 6) is 1.26. The molecule has 0 spiro atoms. The van der Waals surface area contributed by atoms with Crippen molar-refractivity contribution in [3.05, 3.63) is 70.8 Å². The van der Waals surface area contributed by atoms with Gasteiger partial charge >= 0.3 is 0 Å². The Hall–Kier alpha value is -3.36. The molecule has 2 aliphatic heterocycles. The maximum atomic E-state index is 13.0. The molecule has 2 aromatic carbocycles. The molecular formula is C31H36N4O3S. The third-order valence-electron chi connectivity index (χ3n) is 6.75. The average molecular weight is 545 g/mol. The number of nitrogens with zero attached hydrogens (tertiary/aromatic N) is 4. The van der Waals surface area contributed by atoms with E-state index in [9.17, 15) is 4.79 Å². The first-order valence-corrected chi connectivity index (χ1v) is 14.4. The second-order valence-corrected chi connectivity index (χ2v) is 11.7. The van der Waals surface area contributed by atoms with Gasteiger partial charge in [-0.3, -0.25) is 4.79 Å². The highest BCUT2D eigenvalue weighted by atomic mass is 32.2. The highest BCUT2D eigenvalue weighted by Gasteiger charge is 2.31. The number of thioether (sulfide) groups is 1. The van der Waals surface area contributed by atoms with Crippen LogP contribution in [-0.4, -0.2) is 57.7 Å². The Balaban J connectivity index is 1.45. The Kier molecular flexibility index (Phi) is 8.23. The van der Waals surface area contributed by atoms with Crippen molar-refractivity contribution in [3.8, 4) is 22.7 Å². The first-order chi connectivity index (χ1) is 18.8. The quantitative estimate of drug-likeness (QED) is 0.323. The number of aromatic nitrogens is 2. The van der Waals surface area contributed by atoms with Crippen LogP contribution in [0.4, 0.5) is 0 Å². The van der Waals surface area contributed by atoms with E-state index < -0.39 is 0 Å². The van der Waals surface area contributed by atoms with E-state index in [2.05, 4.69) is 36.7 Å². The fourth-order valence-electron chi connectivity index (χ4n) is 4.80. The van der Waals surface area contributed by atoms with Crippen LogP contribution >= 0.6 is 11.8 Å². The summed E-state index contributed by atoms with van der Waals surface area (Å²) in [6, 6.07) is 16.2. The van der Waals surface area contributed by atoms with Gasteiger partial charge in [0.05, 0.1) is 29.4 Å². The van der Waals surface area contributed by atoms with E-state index in [1.807, 2.05) is 73.3 Å². The second-order valence-electron chi connectivity index (χ2n) is 10.7. The molecule has 39 heavy (non-hydrogen) atoms. The van der Waals surface area contributed by atoms with E-state index >= 15 is 0 Å². The molecule has 8 heteroatoms. The fraction of sp³-hybridized carbons (Fsp3) is 0.387. The summed E-state index contributed by atoms with van der Waals surface area (Å²) in [5.41, 5.74) is 4.64. The monoisotopic (exact) mass is 544 g/mol. The van der Waals surface area contributed by atoms with Gasteiger partial charge in [0.15, 0.2) is 5.17 Å². The number of carbonyl (C=O) groups excluding carboxylic acids is 1. The lowest BCUT2D eigenvalue weighted by Crippen LogP contribution is -2.47. The van der Waals surface area contributed by atoms with Crippen molar-refractivity contribution in [1.82, 2.24) is 14.7 Å². The van der Waals surface area contributed by atoms with Crippen LogP contribution in [0.3, 0.4) is 0 Å². The molecule has 204 valence electrons. The third kappa shape index (κ3) is 6.45. The van der Waals surface area contributed by atoms with E-state index in [0.717, 1.165) is 58.5 Å². The number of para-hydroxylation sites is 1. The number of aliphatic imine (C=N–C) groups is 1. The summed E-state index contributed by atoms with van der Waals surface area (Å²) >= 11 is 1.42. The molecule has 0 bridgehead atoms. The Morgan fingerprint density at radius 1 is 1.13 bits per heavy atom. The minimum atomic E-state index is -0.217. The van der Waals surface area contributed by atoms with E-state index in [4.69, 9.17) is 14.6 Å². The molecule has 1 aromatic heterocycles. The summed E-state index contributed by atoms with van der Waals surface area (Å²) in [5, 5.41) is 5.69. The van der Waals surface area contributed by atoms with Gasteiger partial charge in [0.25, 0.3) is 5.91 Å². The number of hydrogen-bond acceptors (Lipinski definition) is 6. The van der Waals surface area contributed by atoms with Crippen molar-refractivity contribution in [2.45, 2.75) is 53.2 Å². The highest BCUT2D eigenvalue weighted by molar-refractivity contribution is 8.18. The molecule has 0 N–H and O–H groups in total. The number of rotatable bonds is 7. The molecule has 0 radical (unpaired) electrons. The van der Waals surface area contributed by atoms with Gasteiger partial charge in [0.1, 0.15) is 11.4 Å². The second kappa shape index (κ2) is 11.8. The first kappa shape index (κ1) is 27.2. The van der Waals surface area contributed by atoms with Gasteiger partial charge in [0, 0.05) is 30.4 Å². The summed E-state index contributed by atoms with van der Waals surface area (Å²) < 4.78 is 13.8. The topological polar surface area (TPSA) is 69.0 Å². The number of amidine groups is 1. The SMILES string of the molecule is Cc1cc(-c2nn(-c3ccccc3)cc2/C=C2\SC(N3C[C@@H](C)O[C@@H](C)C3)=NC2=O)ccc1OCCC(C)C. The molecule has 0 aliphatic carbocycles. The van der Waals surface area contributed by atoms with Crippen LogP contribution in [0, 0.1) is 12.8 Å². The molecule has 0 saturated carbocycles. The first-order valence-electron chi connectivity index (χ1n) is 13.6. The number of carbonyl (C=O) groups is 1. The molecule has 3 aromatic rings. The zero-order valence-electron chi connectivity index (χ0n) is 23.3. The lowest BCUT2D eigenvalue weighted by molar-refractivity contribution is -0.113. The lowest BCUT2D eigenvalue weighted by Gasteiger charge is -2.35. The van der Waals surface area contributed by atoms with Crippen LogP contribution in [0.2, 0.25) is 0 Å². The zero-order chi connectivity index (χ0) is 27.5. The van der Waals surface area contributed by atoms with Crippen LogP contribution in [0.1, 0.15) is 45.2 Å². The van der Waals surface area contributed by atoms with Crippen molar-refractivity contribution in [2.24, 2.45) is 10.9 Å². The Morgan fingerprint density at radius 3 is 2.56 bits per heavy atom. The number of hydrogen-bond donors (Lipinski definition) is 0. The standard InChI is InChI=1S/C31H36N4O3S/c1-20(2)13-14-37-27-12-11-24(15-21(27)3)29-25(19-35(33-29)26-9-7-6-8-10-26)16-28-30(36)32-31(39-28)34-17-22(4)38-23(5)18-34/h6-12,15-16,19-20,22-23H,13-14,17-18H2,1-5H3/b28-16-/t22-,23+. The average Bonchev–Trinajstić information content (AvgIpc) is 3.49. The van der Waals surface area contributed by atoms with Crippen molar-refractivity contribution < 1.29 is 14.3 Å². The van der Waals surface area contributed by atoms with E-state index in [-0.39, 0.29) is 18.1 Å². The number of amides is 1. The highest BCUT2D eigenvalue weighted by Crippen LogP contribution is 2.35. The predicted molar refractivity (Wildman–Crippen MR) is 158 cm³/mol. The molecule has 1 amide bonds. The Morgan fingerprint density at radius 2 is 1.87 bits per heavy atom. The van der Waals surface area contributed by atoms with Crippen LogP contribution < -0.4 is 4.74 Å². The molecule has 1 fully saturated rings. The van der Waals surface area contributed by atoms with E-state index in [0.29, 0.717) is 17.4 Å². The van der Waals surface area contributed by atoms with Crippen LogP contribution in [0.5, 0.6) is 5.75 Å². The maximum Gasteiger partial charge on any atom is 0.286 e. The minimum Gasteiger partial charge on any atom is -0.493 e. The molecule has 1 saturated heterocycles. The van der Waals surface area contributed by atoms with Gasteiger partial charge in [-0.2, -0.15) is 10.1 Å².